The van der Waals surface area contributed by atoms with E-state index in [-0.39, 0.29) is 33.5 Å². The minimum absolute atomic E-state index is 0.0639. The molecule has 3 rings (SSSR count). The molecule has 10 heteroatoms. The van der Waals surface area contributed by atoms with Crippen molar-refractivity contribution in [2.45, 2.75) is 0 Å². The Labute approximate surface area is 193 Å². The van der Waals surface area contributed by atoms with Gasteiger partial charge in [-0.05, 0) is 42.5 Å². The molecule has 0 aliphatic carbocycles. The minimum Gasteiger partial charge on any atom is -0.363 e. The predicted octanol–water partition coefficient (Wildman–Crippen LogP) is 4.92. The van der Waals surface area contributed by atoms with E-state index in [1.54, 1.807) is 20.2 Å². The first-order valence-corrected chi connectivity index (χ1v) is 10.0. The van der Waals surface area contributed by atoms with Gasteiger partial charge in [0.25, 0.3) is 11.8 Å². The maximum atomic E-state index is 14.6. The zero-order valence-electron chi connectivity index (χ0n) is 17.0. The highest BCUT2D eigenvalue weighted by Gasteiger charge is 2.19. The lowest BCUT2D eigenvalue weighted by molar-refractivity contribution is 0.102. The van der Waals surface area contributed by atoms with Gasteiger partial charge in [-0.1, -0.05) is 29.3 Å². The van der Waals surface area contributed by atoms with Crippen molar-refractivity contribution in [3.8, 4) is 0 Å². The molecule has 3 aromatic rings. The van der Waals surface area contributed by atoms with E-state index in [1.807, 2.05) is 0 Å². The molecule has 0 saturated heterocycles. The molecule has 7 nitrogen and oxygen atoms in total. The van der Waals surface area contributed by atoms with E-state index >= 15 is 0 Å². The average Bonchev–Trinajstić information content (AvgIpc) is 2.75. The summed E-state index contributed by atoms with van der Waals surface area (Å²) in [4.78, 5) is 31.0. The standard InChI is InChI=1S/C22H18Cl2FN5O2/c1-30(2)20(26)12-3-6-15(17(25)9-12)21(31)28-18-7-4-13(23)10-16(18)22(32)29-19-8-5-14(24)11-27-19/h3-11,26H,1-2H3,(H,28,31)(H,27,29,32). The molecular formula is C22H18Cl2FN5O2. The van der Waals surface area contributed by atoms with E-state index in [9.17, 15) is 14.0 Å². The fourth-order valence-corrected chi connectivity index (χ4v) is 3.03. The van der Waals surface area contributed by atoms with Crippen LogP contribution in [0.2, 0.25) is 10.0 Å². The normalized spacial score (nSPS) is 10.4. The Morgan fingerprint density at radius 3 is 2.25 bits per heavy atom. The lowest BCUT2D eigenvalue weighted by atomic mass is 10.1. The predicted molar refractivity (Wildman–Crippen MR) is 124 cm³/mol. The van der Waals surface area contributed by atoms with Crippen LogP contribution in [0.4, 0.5) is 15.9 Å². The van der Waals surface area contributed by atoms with Gasteiger partial charge in [-0.3, -0.25) is 15.0 Å². The van der Waals surface area contributed by atoms with Crippen molar-refractivity contribution >= 4 is 52.4 Å². The number of halogens is 3. The van der Waals surface area contributed by atoms with Crippen LogP contribution in [0.1, 0.15) is 26.3 Å². The second-order valence-corrected chi connectivity index (χ2v) is 7.77. The maximum Gasteiger partial charge on any atom is 0.258 e. The topological polar surface area (TPSA) is 98.2 Å². The Morgan fingerprint density at radius 1 is 0.938 bits per heavy atom. The number of pyridine rings is 1. The van der Waals surface area contributed by atoms with Crippen LogP contribution in [-0.2, 0) is 0 Å². The van der Waals surface area contributed by atoms with Gasteiger partial charge in [-0.2, -0.15) is 0 Å². The SMILES string of the molecule is CN(C)C(=N)c1ccc(C(=O)Nc2ccc(Cl)cc2C(=O)Nc2ccc(Cl)cn2)c(F)c1. The van der Waals surface area contributed by atoms with Gasteiger partial charge in [-0.25, -0.2) is 9.37 Å². The van der Waals surface area contributed by atoms with Crippen LogP contribution in [0.3, 0.4) is 0 Å². The van der Waals surface area contributed by atoms with Crippen molar-refractivity contribution in [3.05, 3.63) is 87.3 Å². The number of amidine groups is 1. The monoisotopic (exact) mass is 473 g/mol. The second kappa shape index (κ2) is 9.76. The average molecular weight is 474 g/mol. The van der Waals surface area contributed by atoms with Crippen molar-refractivity contribution in [1.29, 1.82) is 5.41 Å². The highest BCUT2D eigenvalue weighted by atomic mass is 35.5. The third-order valence-corrected chi connectivity index (χ3v) is 4.84. The third kappa shape index (κ3) is 5.40. The highest BCUT2D eigenvalue weighted by Crippen LogP contribution is 2.23. The quantitative estimate of drug-likeness (QED) is 0.361. The molecule has 0 atom stereocenters. The fraction of sp³-hybridized carbons (Fsp3) is 0.0909. The maximum absolute atomic E-state index is 14.6. The van der Waals surface area contributed by atoms with Crippen LogP contribution in [0, 0.1) is 11.2 Å². The number of nitrogens with zero attached hydrogens (tertiary/aromatic N) is 2. The molecule has 0 bridgehead atoms. The summed E-state index contributed by atoms with van der Waals surface area (Å²) < 4.78 is 14.6. The van der Waals surface area contributed by atoms with E-state index in [4.69, 9.17) is 28.6 Å². The van der Waals surface area contributed by atoms with Crippen molar-refractivity contribution in [2.24, 2.45) is 0 Å². The molecule has 1 heterocycles. The first-order valence-electron chi connectivity index (χ1n) is 9.25. The lowest BCUT2D eigenvalue weighted by Gasteiger charge is -2.15. The van der Waals surface area contributed by atoms with Crippen LogP contribution >= 0.6 is 23.2 Å². The Hall–Kier alpha value is -3.49. The first-order chi connectivity index (χ1) is 15.2. The van der Waals surface area contributed by atoms with E-state index < -0.39 is 17.6 Å². The second-order valence-electron chi connectivity index (χ2n) is 6.90. The molecule has 0 spiro atoms. The van der Waals surface area contributed by atoms with Crippen molar-refractivity contribution in [1.82, 2.24) is 9.88 Å². The van der Waals surface area contributed by atoms with Gasteiger partial charge in [0.15, 0.2) is 0 Å². The molecule has 164 valence electrons. The molecule has 3 N–H and O–H groups in total. The molecular weight excluding hydrogens is 456 g/mol. The number of nitrogens with one attached hydrogen (secondary N) is 3. The summed E-state index contributed by atoms with van der Waals surface area (Å²) in [5, 5.41) is 13.7. The van der Waals surface area contributed by atoms with Crippen LogP contribution < -0.4 is 10.6 Å². The summed E-state index contributed by atoms with van der Waals surface area (Å²) in [5.74, 6) is -1.78. The number of carbonyl (C=O) groups is 2. The van der Waals surface area contributed by atoms with Crippen LogP contribution in [0.25, 0.3) is 0 Å². The Balaban J connectivity index is 1.84. The first kappa shape index (κ1) is 23.2. The Bertz CT molecular complexity index is 1200. The van der Waals surface area contributed by atoms with Gasteiger partial charge in [0.05, 0.1) is 21.8 Å². The number of benzene rings is 2. The smallest absolute Gasteiger partial charge is 0.258 e. The molecule has 32 heavy (non-hydrogen) atoms. The molecule has 0 saturated carbocycles. The molecule has 0 aliphatic heterocycles. The van der Waals surface area contributed by atoms with Gasteiger partial charge in [0, 0.05) is 30.9 Å². The van der Waals surface area contributed by atoms with E-state index in [0.29, 0.717) is 10.6 Å². The third-order valence-electron chi connectivity index (χ3n) is 4.38. The molecule has 0 aliphatic rings. The number of hydrogen-bond donors (Lipinski definition) is 3. The zero-order valence-corrected chi connectivity index (χ0v) is 18.6. The van der Waals surface area contributed by atoms with Crippen molar-refractivity contribution < 1.29 is 14.0 Å². The number of rotatable bonds is 5. The van der Waals surface area contributed by atoms with Gasteiger partial charge in [-0.15, -0.1) is 0 Å². The van der Waals surface area contributed by atoms with Gasteiger partial charge < -0.3 is 15.5 Å². The molecule has 0 unspecified atom stereocenters. The van der Waals surface area contributed by atoms with Crippen LogP contribution in [0.15, 0.2) is 54.7 Å². The molecule has 1 aromatic heterocycles. The molecule has 0 fully saturated rings. The highest BCUT2D eigenvalue weighted by molar-refractivity contribution is 6.31. The van der Waals surface area contributed by atoms with Gasteiger partial charge >= 0.3 is 0 Å². The number of hydrogen-bond acceptors (Lipinski definition) is 4. The minimum atomic E-state index is -0.795. The van der Waals surface area contributed by atoms with Crippen LogP contribution in [0.5, 0.6) is 0 Å². The largest absolute Gasteiger partial charge is 0.363 e. The van der Waals surface area contributed by atoms with Gasteiger partial charge in [0.2, 0.25) is 0 Å². The van der Waals surface area contributed by atoms with Crippen LogP contribution in [-0.4, -0.2) is 41.6 Å². The summed E-state index contributed by atoms with van der Waals surface area (Å²) in [6.45, 7) is 0. The Morgan fingerprint density at radius 2 is 1.62 bits per heavy atom. The summed E-state index contributed by atoms with van der Waals surface area (Å²) in [5.41, 5.74) is 0.288. The fourth-order valence-electron chi connectivity index (χ4n) is 2.74. The Kier molecular flexibility index (Phi) is 7.07. The molecule has 2 amide bonds. The molecule has 2 aromatic carbocycles. The van der Waals surface area contributed by atoms with Gasteiger partial charge in [0.1, 0.15) is 17.5 Å². The van der Waals surface area contributed by atoms with E-state index in [2.05, 4.69) is 15.6 Å². The molecule has 0 radical (unpaired) electrons. The zero-order chi connectivity index (χ0) is 23.4. The number of aromatic nitrogens is 1. The van der Waals surface area contributed by atoms with E-state index in [0.717, 1.165) is 6.07 Å². The number of amides is 2. The number of anilines is 2. The number of carbonyl (C=O) groups excluding carboxylic acids is 2. The van der Waals surface area contributed by atoms with Crippen molar-refractivity contribution in [3.63, 3.8) is 0 Å². The van der Waals surface area contributed by atoms with Crippen molar-refractivity contribution in [2.75, 3.05) is 24.7 Å². The summed E-state index contributed by atoms with van der Waals surface area (Å²) in [6, 6.07) is 11.3. The summed E-state index contributed by atoms with van der Waals surface area (Å²) in [7, 11) is 3.32. The summed E-state index contributed by atoms with van der Waals surface area (Å²) >= 11 is 11.8. The summed E-state index contributed by atoms with van der Waals surface area (Å²) in [6.07, 6.45) is 1.38. The van der Waals surface area contributed by atoms with E-state index in [1.165, 1.54) is 47.5 Å². The lowest BCUT2D eigenvalue weighted by Crippen LogP contribution is -2.23.